The highest BCUT2D eigenvalue weighted by Crippen LogP contribution is 2.31. The van der Waals surface area contributed by atoms with Crippen LogP contribution < -0.4 is 10.6 Å². The van der Waals surface area contributed by atoms with Crippen molar-refractivity contribution in [1.82, 2.24) is 10.6 Å². The molecule has 0 aromatic heterocycles. The molecule has 0 amide bonds. The Kier molecular flexibility index (Phi) is 4.27. The lowest BCUT2D eigenvalue weighted by atomic mass is 10.0. The van der Waals surface area contributed by atoms with Crippen LogP contribution in [0, 0.1) is 0 Å². The maximum atomic E-state index is 3.36. The van der Waals surface area contributed by atoms with Gasteiger partial charge in [0.05, 0.1) is 0 Å². The van der Waals surface area contributed by atoms with E-state index in [9.17, 15) is 0 Å². The molecule has 0 fully saturated rings. The summed E-state index contributed by atoms with van der Waals surface area (Å²) in [6.45, 7) is 0.975. The van der Waals surface area contributed by atoms with Crippen LogP contribution in [0.5, 0.6) is 0 Å². The molecule has 2 N–H and O–H groups in total. The van der Waals surface area contributed by atoms with Gasteiger partial charge in [0.15, 0.2) is 0 Å². The Morgan fingerprint density at radius 2 is 2.25 bits per heavy atom. The Balaban J connectivity index is 2.21. The van der Waals surface area contributed by atoms with Crippen molar-refractivity contribution in [2.24, 2.45) is 0 Å². The first kappa shape index (κ1) is 12.0. The second-order valence-electron chi connectivity index (χ2n) is 4.22. The molecule has 1 aromatic carbocycles. The quantitative estimate of drug-likeness (QED) is 0.838. The number of benzene rings is 1. The van der Waals surface area contributed by atoms with Gasteiger partial charge in [-0.25, -0.2) is 0 Å². The van der Waals surface area contributed by atoms with Crippen LogP contribution in [0.3, 0.4) is 0 Å². The highest BCUT2D eigenvalue weighted by Gasteiger charge is 2.13. The summed E-state index contributed by atoms with van der Waals surface area (Å²) in [5.41, 5.74) is 2.93. The van der Waals surface area contributed by atoms with Gasteiger partial charge >= 0.3 is 0 Å². The van der Waals surface area contributed by atoms with Crippen LogP contribution in [0.2, 0.25) is 0 Å². The molecule has 1 heterocycles. The molecule has 1 unspecified atom stereocenters. The first-order valence-electron chi connectivity index (χ1n) is 5.92. The number of likely N-dealkylation sites (N-methyl/N-ethyl adjacent to an activating group) is 2. The van der Waals surface area contributed by atoms with Crippen LogP contribution in [0.25, 0.3) is 0 Å². The minimum absolute atomic E-state index is 0.419. The van der Waals surface area contributed by atoms with Gasteiger partial charge in [-0.2, -0.15) is 0 Å². The Bertz CT molecular complexity index is 352. The highest BCUT2D eigenvalue weighted by molar-refractivity contribution is 7.99. The fraction of sp³-hybridized carbons (Fsp3) is 0.538. The van der Waals surface area contributed by atoms with Gasteiger partial charge in [-0.05, 0) is 49.9 Å². The Morgan fingerprint density at radius 3 is 3.00 bits per heavy atom. The lowest BCUT2D eigenvalue weighted by Gasteiger charge is -2.20. The molecule has 2 nitrogen and oxygen atoms in total. The van der Waals surface area contributed by atoms with Gasteiger partial charge in [0.2, 0.25) is 0 Å². The van der Waals surface area contributed by atoms with Gasteiger partial charge in [0.25, 0.3) is 0 Å². The average Bonchev–Trinajstić information content (AvgIpc) is 2.35. The highest BCUT2D eigenvalue weighted by atomic mass is 32.2. The zero-order chi connectivity index (χ0) is 11.4. The summed E-state index contributed by atoms with van der Waals surface area (Å²) in [6, 6.07) is 7.34. The van der Waals surface area contributed by atoms with E-state index in [2.05, 4.69) is 28.8 Å². The molecule has 0 radical (unpaired) electrons. The van der Waals surface area contributed by atoms with Gasteiger partial charge in [0, 0.05) is 17.5 Å². The van der Waals surface area contributed by atoms with E-state index in [0.29, 0.717) is 6.04 Å². The van der Waals surface area contributed by atoms with E-state index < -0.39 is 0 Å². The Morgan fingerprint density at radius 1 is 1.38 bits per heavy atom. The van der Waals surface area contributed by atoms with E-state index >= 15 is 0 Å². The van der Waals surface area contributed by atoms with Crippen molar-refractivity contribution in [1.29, 1.82) is 0 Å². The summed E-state index contributed by atoms with van der Waals surface area (Å²) in [5.74, 6) is 1.28. The van der Waals surface area contributed by atoms with Crippen LogP contribution in [-0.4, -0.2) is 26.4 Å². The normalized spacial score (nSPS) is 16.9. The molecule has 0 spiro atoms. The molecule has 1 aliphatic heterocycles. The summed E-state index contributed by atoms with van der Waals surface area (Å²) in [6.07, 6.45) is 2.56. The maximum absolute atomic E-state index is 3.36. The molecule has 3 heteroatoms. The predicted molar refractivity (Wildman–Crippen MR) is 71.2 cm³/mol. The van der Waals surface area contributed by atoms with Crippen LogP contribution in [0.15, 0.2) is 23.1 Å². The topological polar surface area (TPSA) is 24.1 Å². The molecule has 1 aliphatic rings. The molecular formula is C13H20N2S. The molecule has 16 heavy (non-hydrogen) atoms. The summed E-state index contributed by atoms with van der Waals surface area (Å²) in [5, 5.41) is 6.59. The number of aryl methyl sites for hydroxylation is 1. The van der Waals surface area contributed by atoms with E-state index in [0.717, 1.165) is 6.54 Å². The first-order chi connectivity index (χ1) is 7.85. The van der Waals surface area contributed by atoms with Crippen molar-refractivity contribution in [3.63, 3.8) is 0 Å². The smallest absolute Gasteiger partial charge is 0.0444 e. The lowest BCUT2D eigenvalue weighted by Crippen LogP contribution is -2.27. The monoisotopic (exact) mass is 236 g/mol. The molecule has 1 aromatic rings. The molecule has 2 rings (SSSR count). The summed E-state index contributed by atoms with van der Waals surface area (Å²) in [7, 11) is 4.02. The zero-order valence-corrected chi connectivity index (χ0v) is 10.9. The van der Waals surface area contributed by atoms with Gasteiger partial charge in [-0.3, -0.25) is 0 Å². The van der Waals surface area contributed by atoms with E-state index in [1.807, 2.05) is 25.9 Å². The minimum atomic E-state index is 0.419. The Hall–Kier alpha value is -0.510. The van der Waals surface area contributed by atoms with Gasteiger partial charge < -0.3 is 10.6 Å². The first-order valence-corrected chi connectivity index (χ1v) is 6.91. The van der Waals surface area contributed by atoms with Crippen molar-refractivity contribution in [3.8, 4) is 0 Å². The molecule has 0 saturated carbocycles. The van der Waals surface area contributed by atoms with Crippen molar-refractivity contribution < 1.29 is 0 Å². The molecule has 0 bridgehead atoms. The molecule has 88 valence electrons. The molecule has 1 atom stereocenters. The van der Waals surface area contributed by atoms with E-state index in [4.69, 9.17) is 0 Å². The number of rotatable bonds is 4. The van der Waals surface area contributed by atoms with E-state index in [1.54, 1.807) is 0 Å². The van der Waals surface area contributed by atoms with Crippen molar-refractivity contribution >= 4 is 11.8 Å². The summed E-state index contributed by atoms with van der Waals surface area (Å²) >= 11 is 1.99. The standard InChI is InChI=1S/C13H20N2S/c1-14-9-12(15-2)10-5-6-13-11(8-10)4-3-7-16-13/h5-6,8,12,14-15H,3-4,7,9H2,1-2H3. The fourth-order valence-corrected chi connectivity index (χ4v) is 3.21. The second kappa shape index (κ2) is 5.71. The van der Waals surface area contributed by atoms with Crippen LogP contribution in [0.1, 0.15) is 23.6 Å². The maximum Gasteiger partial charge on any atom is 0.0444 e. The molecule has 0 aliphatic carbocycles. The molecule has 0 saturated heterocycles. The van der Waals surface area contributed by atoms with E-state index in [1.165, 1.54) is 34.6 Å². The number of fused-ring (bicyclic) bond motifs is 1. The fourth-order valence-electron chi connectivity index (χ4n) is 2.19. The predicted octanol–water partition coefficient (Wildman–Crippen LogP) is 2.20. The van der Waals surface area contributed by atoms with Crippen molar-refractivity contribution in [2.45, 2.75) is 23.8 Å². The SMILES string of the molecule is CNCC(NC)c1ccc2c(c1)CCCS2. The third-order valence-electron chi connectivity index (χ3n) is 3.09. The number of hydrogen-bond donors (Lipinski definition) is 2. The zero-order valence-electron chi connectivity index (χ0n) is 10.0. The number of nitrogens with one attached hydrogen (secondary N) is 2. The van der Waals surface area contributed by atoms with Crippen LogP contribution >= 0.6 is 11.8 Å². The molecular weight excluding hydrogens is 216 g/mol. The van der Waals surface area contributed by atoms with Gasteiger partial charge in [-0.1, -0.05) is 12.1 Å². The second-order valence-corrected chi connectivity index (χ2v) is 5.35. The number of thioether (sulfide) groups is 1. The van der Waals surface area contributed by atoms with Gasteiger partial charge in [-0.15, -0.1) is 11.8 Å². The largest absolute Gasteiger partial charge is 0.318 e. The van der Waals surface area contributed by atoms with Crippen LogP contribution in [0.4, 0.5) is 0 Å². The lowest BCUT2D eigenvalue weighted by molar-refractivity contribution is 0.557. The van der Waals surface area contributed by atoms with Gasteiger partial charge in [0.1, 0.15) is 0 Å². The third kappa shape index (κ3) is 2.59. The number of hydrogen-bond acceptors (Lipinski definition) is 3. The Labute approximate surface area is 102 Å². The van der Waals surface area contributed by atoms with Crippen molar-refractivity contribution in [3.05, 3.63) is 29.3 Å². The summed E-state index contributed by atoms with van der Waals surface area (Å²) in [4.78, 5) is 1.48. The van der Waals surface area contributed by atoms with Crippen molar-refractivity contribution in [2.75, 3.05) is 26.4 Å². The minimum Gasteiger partial charge on any atom is -0.318 e. The van der Waals surface area contributed by atoms with Crippen LogP contribution in [-0.2, 0) is 6.42 Å². The van der Waals surface area contributed by atoms with E-state index in [-0.39, 0.29) is 0 Å². The third-order valence-corrected chi connectivity index (χ3v) is 4.29. The summed E-state index contributed by atoms with van der Waals surface area (Å²) < 4.78 is 0. The average molecular weight is 236 g/mol.